The third kappa shape index (κ3) is 2.73. The van der Waals surface area contributed by atoms with Crippen molar-refractivity contribution < 1.29 is 9.53 Å². The van der Waals surface area contributed by atoms with E-state index in [2.05, 4.69) is 26.6 Å². The van der Waals surface area contributed by atoms with Crippen LogP contribution in [0.5, 0.6) is 5.75 Å². The molecule has 2 aliphatic rings. The van der Waals surface area contributed by atoms with Gasteiger partial charge in [-0.05, 0) is 46.0 Å². The molecule has 1 aromatic carbocycles. The summed E-state index contributed by atoms with van der Waals surface area (Å²) in [5, 5.41) is 6.41. The van der Waals surface area contributed by atoms with E-state index in [0.717, 1.165) is 23.3 Å². The molecule has 1 aliphatic heterocycles. The highest BCUT2D eigenvalue weighted by atomic mass is 79.9. The Labute approximate surface area is 126 Å². The highest BCUT2D eigenvalue weighted by molar-refractivity contribution is 9.10. The molecule has 2 unspecified atom stereocenters. The van der Waals surface area contributed by atoms with Crippen LogP contribution in [0.3, 0.4) is 0 Å². The highest BCUT2D eigenvalue weighted by Gasteiger charge is 2.53. The lowest BCUT2D eigenvalue weighted by Gasteiger charge is -2.09. The quantitative estimate of drug-likeness (QED) is 0.877. The summed E-state index contributed by atoms with van der Waals surface area (Å²) < 4.78 is 5.95. The maximum absolute atomic E-state index is 12.1. The summed E-state index contributed by atoms with van der Waals surface area (Å²) in [7, 11) is 1.61. The molecule has 19 heavy (non-hydrogen) atoms. The normalized spacial score (nSPS) is 27.2. The first-order chi connectivity index (χ1) is 8.70. The minimum atomic E-state index is -0.00208. The van der Waals surface area contributed by atoms with Crippen LogP contribution in [0.2, 0.25) is 0 Å². The third-order valence-corrected chi connectivity index (χ3v) is 4.42. The van der Waals surface area contributed by atoms with Crippen LogP contribution in [0, 0.1) is 11.8 Å². The van der Waals surface area contributed by atoms with Crippen LogP contribution in [0.25, 0.3) is 0 Å². The molecule has 0 spiro atoms. The number of fused-ring (bicyclic) bond motifs is 1. The second kappa shape index (κ2) is 5.69. The standard InChI is InChI=1S/C13H15BrN2O2.ClH/c1-18-11-3-2-7(4-10(11)14)13(17)16-12-8-5-15-6-9(8)12;/h2-4,8-9,12,15H,5-6H2,1H3,(H,16,17);1H. The number of rotatable bonds is 3. The molecule has 2 fully saturated rings. The number of piperidine rings is 1. The van der Waals surface area contributed by atoms with Crippen LogP contribution in [0.4, 0.5) is 0 Å². The molecule has 1 saturated heterocycles. The van der Waals surface area contributed by atoms with E-state index in [-0.39, 0.29) is 18.3 Å². The Morgan fingerprint density at radius 1 is 1.42 bits per heavy atom. The molecule has 104 valence electrons. The molecular weight excluding hydrogens is 332 g/mol. The number of amides is 1. The summed E-state index contributed by atoms with van der Waals surface area (Å²) in [4.78, 5) is 12.1. The number of hydrogen-bond acceptors (Lipinski definition) is 3. The molecule has 2 N–H and O–H groups in total. The molecule has 1 amide bonds. The van der Waals surface area contributed by atoms with Gasteiger partial charge in [0.1, 0.15) is 5.75 Å². The number of carbonyl (C=O) groups is 1. The third-order valence-electron chi connectivity index (χ3n) is 3.80. The first kappa shape index (κ1) is 14.6. The number of benzene rings is 1. The van der Waals surface area contributed by atoms with Crippen molar-refractivity contribution in [1.29, 1.82) is 0 Å². The zero-order valence-corrected chi connectivity index (χ0v) is 12.9. The van der Waals surface area contributed by atoms with Gasteiger partial charge in [-0.15, -0.1) is 12.4 Å². The number of nitrogens with one attached hydrogen (secondary N) is 2. The van der Waals surface area contributed by atoms with Gasteiger partial charge in [-0.1, -0.05) is 0 Å². The fourth-order valence-corrected chi connectivity index (χ4v) is 3.22. The van der Waals surface area contributed by atoms with Gasteiger partial charge in [0.2, 0.25) is 0 Å². The molecule has 1 heterocycles. The van der Waals surface area contributed by atoms with E-state index in [1.165, 1.54) is 0 Å². The summed E-state index contributed by atoms with van der Waals surface area (Å²) in [5.74, 6) is 2.00. The number of methoxy groups -OCH3 is 1. The van der Waals surface area contributed by atoms with Crippen LogP contribution in [0.1, 0.15) is 10.4 Å². The fourth-order valence-electron chi connectivity index (χ4n) is 2.67. The first-order valence-corrected chi connectivity index (χ1v) is 6.85. The van der Waals surface area contributed by atoms with Gasteiger partial charge in [0.25, 0.3) is 5.91 Å². The molecule has 1 aliphatic carbocycles. The molecule has 3 rings (SSSR count). The van der Waals surface area contributed by atoms with Crippen molar-refractivity contribution in [3.8, 4) is 5.75 Å². The summed E-state index contributed by atoms with van der Waals surface area (Å²) in [5.41, 5.74) is 0.667. The van der Waals surface area contributed by atoms with Gasteiger partial charge in [-0.3, -0.25) is 4.79 Å². The SMILES string of the molecule is COc1ccc(C(=O)NC2C3CNCC32)cc1Br.Cl. The first-order valence-electron chi connectivity index (χ1n) is 6.06. The Kier molecular flexibility index (Phi) is 4.38. The largest absolute Gasteiger partial charge is 0.496 e. The second-order valence-electron chi connectivity index (χ2n) is 4.83. The summed E-state index contributed by atoms with van der Waals surface area (Å²) in [6.07, 6.45) is 0. The van der Waals surface area contributed by atoms with Crippen molar-refractivity contribution in [2.45, 2.75) is 6.04 Å². The molecule has 1 aromatic rings. The van der Waals surface area contributed by atoms with Gasteiger partial charge in [0, 0.05) is 24.7 Å². The molecule has 6 heteroatoms. The average molecular weight is 348 g/mol. The fraction of sp³-hybridized carbons (Fsp3) is 0.462. The predicted molar refractivity (Wildman–Crippen MR) is 79.0 cm³/mol. The number of carbonyl (C=O) groups excluding carboxylic acids is 1. The zero-order chi connectivity index (χ0) is 12.7. The maximum Gasteiger partial charge on any atom is 0.251 e. The molecule has 1 saturated carbocycles. The van der Waals surface area contributed by atoms with E-state index in [9.17, 15) is 4.79 Å². The van der Waals surface area contributed by atoms with Crippen molar-refractivity contribution in [2.24, 2.45) is 11.8 Å². The lowest BCUT2D eigenvalue weighted by Crippen LogP contribution is -2.32. The van der Waals surface area contributed by atoms with E-state index in [0.29, 0.717) is 23.4 Å². The summed E-state index contributed by atoms with van der Waals surface area (Å²) in [6.45, 7) is 2.06. The van der Waals surface area contributed by atoms with E-state index >= 15 is 0 Å². The monoisotopic (exact) mass is 346 g/mol. The smallest absolute Gasteiger partial charge is 0.251 e. The van der Waals surface area contributed by atoms with Crippen molar-refractivity contribution in [1.82, 2.24) is 10.6 Å². The van der Waals surface area contributed by atoms with E-state index < -0.39 is 0 Å². The predicted octanol–water partition coefficient (Wildman–Crippen LogP) is 1.83. The Hall–Kier alpha value is -0.780. The highest BCUT2D eigenvalue weighted by Crippen LogP contribution is 2.41. The maximum atomic E-state index is 12.1. The van der Waals surface area contributed by atoms with Crippen LogP contribution in [0.15, 0.2) is 22.7 Å². The number of ether oxygens (including phenoxy) is 1. The van der Waals surface area contributed by atoms with Crippen molar-refractivity contribution >= 4 is 34.2 Å². The van der Waals surface area contributed by atoms with E-state index in [1.54, 1.807) is 25.3 Å². The Morgan fingerprint density at radius 3 is 2.68 bits per heavy atom. The summed E-state index contributed by atoms with van der Waals surface area (Å²) in [6, 6.07) is 5.74. The molecule has 2 atom stereocenters. The van der Waals surface area contributed by atoms with Crippen molar-refractivity contribution in [2.75, 3.05) is 20.2 Å². The van der Waals surface area contributed by atoms with E-state index in [1.807, 2.05) is 0 Å². The summed E-state index contributed by atoms with van der Waals surface area (Å²) >= 11 is 3.39. The van der Waals surface area contributed by atoms with Crippen LogP contribution >= 0.6 is 28.3 Å². The minimum Gasteiger partial charge on any atom is -0.496 e. The van der Waals surface area contributed by atoms with Gasteiger partial charge in [0.15, 0.2) is 0 Å². The Bertz CT molecular complexity index is 488. The van der Waals surface area contributed by atoms with Gasteiger partial charge < -0.3 is 15.4 Å². The van der Waals surface area contributed by atoms with Crippen molar-refractivity contribution in [3.05, 3.63) is 28.2 Å². The minimum absolute atomic E-state index is 0. The molecule has 4 nitrogen and oxygen atoms in total. The topological polar surface area (TPSA) is 50.4 Å². The molecule has 0 aromatic heterocycles. The van der Waals surface area contributed by atoms with Crippen LogP contribution in [-0.4, -0.2) is 32.1 Å². The second-order valence-corrected chi connectivity index (χ2v) is 5.69. The lowest BCUT2D eigenvalue weighted by atomic mass is 10.2. The van der Waals surface area contributed by atoms with Gasteiger partial charge in [-0.25, -0.2) is 0 Å². The van der Waals surface area contributed by atoms with Gasteiger partial charge in [-0.2, -0.15) is 0 Å². The van der Waals surface area contributed by atoms with Crippen molar-refractivity contribution in [3.63, 3.8) is 0 Å². The lowest BCUT2D eigenvalue weighted by molar-refractivity contribution is 0.0946. The zero-order valence-electron chi connectivity index (χ0n) is 10.5. The molecule has 0 radical (unpaired) electrons. The average Bonchev–Trinajstić information content (AvgIpc) is 2.82. The van der Waals surface area contributed by atoms with E-state index in [4.69, 9.17) is 4.74 Å². The Morgan fingerprint density at radius 2 is 2.11 bits per heavy atom. The van der Waals surface area contributed by atoms with Crippen LogP contribution in [-0.2, 0) is 0 Å². The molecular formula is C13H16BrClN2O2. The van der Waals surface area contributed by atoms with Gasteiger partial charge >= 0.3 is 0 Å². The van der Waals surface area contributed by atoms with Crippen LogP contribution < -0.4 is 15.4 Å². The number of halogens is 2. The number of hydrogen-bond donors (Lipinski definition) is 2. The van der Waals surface area contributed by atoms with Gasteiger partial charge in [0.05, 0.1) is 11.6 Å². The Balaban J connectivity index is 0.00000133. The molecule has 0 bridgehead atoms.